The van der Waals surface area contributed by atoms with Crippen molar-refractivity contribution in [2.24, 2.45) is 0 Å². The maximum atomic E-state index is 13.5. The molecule has 0 saturated carbocycles. The zero-order valence-corrected chi connectivity index (χ0v) is 19.2. The lowest BCUT2D eigenvalue weighted by Gasteiger charge is -2.30. The molecule has 0 unspecified atom stereocenters. The highest BCUT2D eigenvalue weighted by molar-refractivity contribution is 5.97. The molecule has 8 nitrogen and oxygen atoms in total. The van der Waals surface area contributed by atoms with E-state index >= 15 is 0 Å². The van der Waals surface area contributed by atoms with Crippen LogP contribution in [0.15, 0.2) is 36.5 Å². The third-order valence-electron chi connectivity index (χ3n) is 4.72. The van der Waals surface area contributed by atoms with Gasteiger partial charge in [-0.1, -0.05) is 13.8 Å². The van der Waals surface area contributed by atoms with Crippen LogP contribution in [0.5, 0.6) is 11.5 Å². The molecular formula is C24H28N4O4. The summed E-state index contributed by atoms with van der Waals surface area (Å²) in [5, 5.41) is 25.0. The van der Waals surface area contributed by atoms with Gasteiger partial charge in [0.2, 0.25) is 0 Å². The van der Waals surface area contributed by atoms with Crippen LogP contribution in [0.25, 0.3) is 5.52 Å². The summed E-state index contributed by atoms with van der Waals surface area (Å²) in [7, 11) is 0. The van der Waals surface area contributed by atoms with Crippen molar-refractivity contribution in [1.29, 1.82) is 5.26 Å². The molecule has 0 aliphatic carbocycles. The summed E-state index contributed by atoms with van der Waals surface area (Å²) in [5.74, 6) is 0.578. The number of hydrogen-bond acceptors (Lipinski definition) is 6. The van der Waals surface area contributed by atoms with Crippen molar-refractivity contribution >= 4 is 23.1 Å². The number of benzene rings is 1. The van der Waals surface area contributed by atoms with E-state index < -0.39 is 11.7 Å². The van der Waals surface area contributed by atoms with Crippen molar-refractivity contribution in [3.05, 3.63) is 47.7 Å². The van der Waals surface area contributed by atoms with E-state index in [1.165, 1.54) is 15.6 Å². The number of carbonyl (C=O) groups excluding carboxylic acids is 1. The highest BCUT2D eigenvalue weighted by Crippen LogP contribution is 2.42. The molecule has 0 radical (unpaired) electrons. The predicted molar refractivity (Wildman–Crippen MR) is 122 cm³/mol. The van der Waals surface area contributed by atoms with E-state index in [0.717, 1.165) is 0 Å². The smallest absolute Gasteiger partial charge is 0.420 e. The van der Waals surface area contributed by atoms with Gasteiger partial charge in [-0.3, -0.25) is 0 Å². The number of rotatable bonds is 5. The van der Waals surface area contributed by atoms with E-state index in [-0.39, 0.29) is 17.2 Å². The van der Waals surface area contributed by atoms with Gasteiger partial charge in [0, 0.05) is 5.56 Å². The van der Waals surface area contributed by atoms with Gasteiger partial charge in [-0.05, 0) is 63.9 Å². The molecule has 0 aliphatic heterocycles. The molecule has 2 aromatic heterocycles. The fraction of sp³-hybridized carbons (Fsp3) is 0.375. The van der Waals surface area contributed by atoms with Crippen LogP contribution in [-0.4, -0.2) is 33.0 Å². The van der Waals surface area contributed by atoms with Crippen molar-refractivity contribution in [3.63, 3.8) is 0 Å². The summed E-state index contributed by atoms with van der Waals surface area (Å²) in [6, 6.07) is 10.7. The Labute approximate surface area is 187 Å². The van der Waals surface area contributed by atoms with Gasteiger partial charge in [0.05, 0.1) is 24.0 Å². The van der Waals surface area contributed by atoms with Gasteiger partial charge >= 0.3 is 6.09 Å². The Morgan fingerprint density at radius 2 is 1.91 bits per heavy atom. The van der Waals surface area contributed by atoms with Gasteiger partial charge in [-0.2, -0.15) is 10.4 Å². The Morgan fingerprint density at radius 3 is 2.44 bits per heavy atom. The van der Waals surface area contributed by atoms with Gasteiger partial charge in [0.1, 0.15) is 28.7 Å². The lowest BCUT2D eigenvalue weighted by atomic mass is 9.99. The van der Waals surface area contributed by atoms with Crippen molar-refractivity contribution in [2.75, 3.05) is 11.5 Å². The molecule has 1 N–H and O–H groups in total. The second kappa shape index (κ2) is 8.79. The number of ether oxygens (including phenoxy) is 2. The molecule has 1 amide bonds. The zero-order chi connectivity index (χ0) is 23.6. The Morgan fingerprint density at radius 1 is 1.25 bits per heavy atom. The zero-order valence-electron chi connectivity index (χ0n) is 19.2. The van der Waals surface area contributed by atoms with E-state index in [1.807, 2.05) is 20.8 Å². The molecule has 32 heavy (non-hydrogen) atoms. The van der Waals surface area contributed by atoms with Gasteiger partial charge in [0.25, 0.3) is 0 Å². The monoisotopic (exact) mass is 436 g/mol. The summed E-state index contributed by atoms with van der Waals surface area (Å²) >= 11 is 0. The van der Waals surface area contributed by atoms with Gasteiger partial charge in [-0.15, -0.1) is 0 Å². The Kier molecular flexibility index (Phi) is 6.30. The number of nitrogens with zero attached hydrogens (tertiary/aromatic N) is 4. The van der Waals surface area contributed by atoms with Crippen LogP contribution in [0.1, 0.15) is 58.6 Å². The number of pyridine rings is 1. The van der Waals surface area contributed by atoms with Gasteiger partial charge < -0.3 is 14.6 Å². The van der Waals surface area contributed by atoms with Gasteiger partial charge in [0.15, 0.2) is 5.82 Å². The van der Waals surface area contributed by atoms with Crippen LogP contribution in [0.3, 0.4) is 0 Å². The Hall–Kier alpha value is -3.73. The maximum Gasteiger partial charge on any atom is 0.420 e. The first kappa shape index (κ1) is 22.9. The quantitative estimate of drug-likeness (QED) is 0.566. The third kappa shape index (κ3) is 4.33. The minimum absolute atomic E-state index is 0.103. The lowest BCUT2D eigenvalue weighted by Crippen LogP contribution is -2.35. The number of aromatic hydroxyl groups is 1. The first-order valence-corrected chi connectivity index (χ1v) is 10.5. The number of anilines is 2. The van der Waals surface area contributed by atoms with Crippen LogP contribution in [-0.2, 0) is 4.74 Å². The first-order valence-electron chi connectivity index (χ1n) is 10.5. The number of nitriles is 1. The van der Waals surface area contributed by atoms with Crippen molar-refractivity contribution in [3.8, 4) is 17.6 Å². The third-order valence-corrected chi connectivity index (χ3v) is 4.72. The van der Waals surface area contributed by atoms with Crippen LogP contribution in [0.4, 0.5) is 16.3 Å². The minimum atomic E-state index is -0.754. The van der Waals surface area contributed by atoms with E-state index in [0.29, 0.717) is 34.9 Å². The van der Waals surface area contributed by atoms with E-state index in [9.17, 15) is 15.2 Å². The molecule has 0 aliphatic rings. The molecule has 168 valence electrons. The molecule has 0 spiro atoms. The second-order valence-electron chi connectivity index (χ2n) is 8.60. The van der Waals surface area contributed by atoms with Crippen molar-refractivity contribution in [2.45, 2.75) is 53.1 Å². The average Bonchev–Trinajstić information content (AvgIpc) is 3.17. The molecular weight excluding hydrogens is 408 g/mol. The van der Waals surface area contributed by atoms with Crippen LogP contribution < -0.4 is 9.64 Å². The van der Waals surface area contributed by atoms with Crippen LogP contribution in [0, 0.1) is 11.3 Å². The van der Waals surface area contributed by atoms with Gasteiger partial charge in [-0.25, -0.2) is 14.2 Å². The number of fused-ring (bicyclic) bond motifs is 1. The largest absolute Gasteiger partial charge is 0.506 e. The maximum absolute atomic E-state index is 13.5. The fourth-order valence-corrected chi connectivity index (χ4v) is 3.47. The summed E-state index contributed by atoms with van der Waals surface area (Å²) in [4.78, 5) is 14.8. The Bertz CT molecular complexity index is 1170. The first-order chi connectivity index (χ1) is 15.1. The molecule has 8 heteroatoms. The highest BCUT2D eigenvalue weighted by Gasteiger charge is 2.33. The molecule has 0 saturated heterocycles. The predicted octanol–water partition coefficient (Wildman–Crippen LogP) is 5.51. The number of amides is 1. The van der Waals surface area contributed by atoms with Crippen LogP contribution in [0.2, 0.25) is 0 Å². The van der Waals surface area contributed by atoms with E-state index in [1.54, 1.807) is 51.1 Å². The normalized spacial score (nSPS) is 11.4. The lowest BCUT2D eigenvalue weighted by molar-refractivity contribution is 0.0597. The van der Waals surface area contributed by atoms with Crippen LogP contribution >= 0.6 is 0 Å². The highest BCUT2D eigenvalue weighted by atomic mass is 16.6. The molecule has 2 heterocycles. The number of hydrogen-bond donors (Lipinski definition) is 1. The average molecular weight is 437 g/mol. The minimum Gasteiger partial charge on any atom is -0.506 e. The Balaban J connectivity index is 2.34. The number of aromatic nitrogens is 2. The molecule has 1 aromatic carbocycles. The molecule has 3 aromatic rings. The summed E-state index contributed by atoms with van der Waals surface area (Å²) < 4.78 is 12.7. The SMILES string of the molecule is CCOc1ccc(N(C(=O)OC(C)(C)C)c2c(C(C)C)c(O)c(C#N)c3ccnn23)cc1. The molecule has 0 fully saturated rings. The summed E-state index contributed by atoms with van der Waals surface area (Å²) in [6.07, 6.45) is 0.888. The topological polar surface area (TPSA) is 100 Å². The summed E-state index contributed by atoms with van der Waals surface area (Å²) in [6.45, 7) is 11.5. The summed E-state index contributed by atoms with van der Waals surface area (Å²) in [5.41, 5.74) is 0.661. The van der Waals surface area contributed by atoms with E-state index in [4.69, 9.17) is 9.47 Å². The second-order valence-corrected chi connectivity index (χ2v) is 8.60. The molecule has 3 rings (SSSR count). The van der Waals surface area contributed by atoms with Crippen molar-refractivity contribution < 1.29 is 19.4 Å². The molecule has 0 bridgehead atoms. The standard InChI is InChI=1S/C24H28N4O4/c1-7-31-17-10-8-16(9-11-17)27(23(30)32-24(4,5)6)22-20(15(2)3)21(29)18(14-25)19-12-13-26-28(19)22/h8-13,15,29H,7H2,1-6H3. The molecule has 0 atom stereocenters. The van der Waals surface area contributed by atoms with Crippen molar-refractivity contribution in [1.82, 2.24) is 9.61 Å². The number of carbonyl (C=O) groups is 1. The van der Waals surface area contributed by atoms with E-state index in [2.05, 4.69) is 11.2 Å². The fourth-order valence-electron chi connectivity index (χ4n) is 3.47.